The highest BCUT2D eigenvalue weighted by atomic mass is 35.5. The zero-order chi connectivity index (χ0) is 12.4. The molecule has 0 saturated carbocycles. The highest BCUT2D eigenvalue weighted by molar-refractivity contribution is 6.35. The van der Waals surface area contributed by atoms with Crippen molar-refractivity contribution in [2.75, 3.05) is 0 Å². The lowest BCUT2D eigenvalue weighted by Gasteiger charge is -2.07. The van der Waals surface area contributed by atoms with Gasteiger partial charge < -0.3 is 0 Å². The second-order valence-corrected chi connectivity index (χ2v) is 4.35. The van der Waals surface area contributed by atoms with Gasteiger partial charge >= 0.3 is 0 Å². The summed E-state index contributed by atoms with van der Waals surface area (Å²) in [5, 5.41) is 0.877. The first-order chi connectivity index (χ1) is 8.11. The lowest BCUT2D eigenvalue weighted by Crippen LogP contribution is -1.92. The Morgan fingerprint density at radius 1 is 1.06 bits per heavy atom. The van der Waals surface area contributed by atoms with Crippen molar-refractivity contribution in [3.63, 3.8) is 0 Å². The van der Waals surface area contributed by atoms with Gasteiger partial charge in [0.05, 0.1) is 5.56 Å². The van der Waals surface area contributed by atoms with Crippen LogP contribution in [0.4, 0.5) is 4.39 Å². The van der Waals surface area contributed by atoms with E-state index in [0.717, 1.165) is 0 Å². The maximum Gasteiger partial charge on any atom is 0.153 e. The summed E-state index contributed by atoms with van der Waals surface area (Å²) >= 11 is 11.7. The number of rotatable bonds is 2. The first-order valence-corrected chi connectivity index (χ1v) is 5.57. The van der Waals surface area contributed by atoms with Gasteiger partial charge in [-0.15, -0.1) is 0 Å². The van der Waals surface area contributed by atoms with Crippen LogP contribution in [0.2, 0.25) is 10.0 Å². The number of halogens is 3. The smallest absolute Gasteiger partial charge is 0.153 e. The van der Waals surface area contributed by atoms with Crippen LogP contribution in [0.25, 0.3) is 11.1 Å². The fraction of sp³-hybridized carbons (Fsp3) is 0. The molecule has 86 valence electrons. The van der Waals surface area contributed by atoms with Crippen molar-refractivity contribution in [1.82, 2.24) is 0 Å². The van der Waals surface area contributed by atoms with Crippen LogP contribution in [0.5, 0.6) is 0 Å². The van der Waals surface area contributed by atoms with Gasteiger partial charge in [-0.1, -0.05) is 35.3 Å². The molecule has 0 aliphatic rings. The van der Waals surface area contributed by atoms with Gasteiger partial charge in [-0.3, -0.25) is 4.79 Å². The van der Waals surface area contributed by atoms with Gasteiger partial charge in [0.1, 0.15) is 5.82 Å². The molecule has 4 heteroatoms. The van der Waals surface area contributed by atoms with Crippen LogP contribution in [0.15, 0.2) is 36.4 Å². The molecule has 0 aliphatic carbocycles. The Balaban J connectivity index is 2.67. The summed E-state index contributed by atoms with van der Waals surface area (Å²) in [6.45, 7) is 0. The van der Waals surface area contributed by atoms with E-state index in [2.05, 4.69) is 0 Å². The van der Waals surface area contributed by atoms with Gasteiger partial charge in [0.15, 0.2) is 6.29 Å². The fourth-order valence-corrected chi connectivity index (χ4v) is 2.14. The molecule has 0 fully saturated rings. The van der Waals surface area contributed by atoms with Gasteiger partial charge in [-0.25, -0.2) is 4.39 Å². The molecule has 0 radical (unpaired) electrons. The van der Waals surface area contributed by atoms with Crippen molar-refractivity contribution >= 4 is 29.5 Å². The van der Waals surface area contributed by atoms with Crippen molar-refractivity contribution < 1.29 is 9.18 Å². The second-order valence-electron chi connectivity index (χ2n) is 3.48. The number of carbonyl (C=O) groups is 1. The normalized spacial score (nSPS) is 10.3. The summed E-state index contributed by atoms with van der Waals surface area (Å²) in [5.74, 6) is -0.561. The summed E-state index contributed by atoms with van der Waals surface area (Å²) in [6.07, 6.45) is 0.486. The van der Waals surface area contributed by atoms with Gasteiger partial charge in [0, 0.05) is 10.0 Å². The number of hydrogen-bond donors (Lipinski definition) is 0. The number of aldehydes is 1. The van der Waals surface area contributed by atoms with E-state index in [0.29, 0.717) is 27.5 Å². The van der Waals surface area contributed by atoms with Crippen molar-refractivity contribution in [2.45, 2.75) is 0 Å². The topological polar surface area (TPSA) is 17.1 Å². The molecule has 0 N–H and O–H groups in total. The summed E-state index contributed by atoms with van der Waals surface area (Å²) in [6, 6.07) is 9.26. The minimum Gasteiger partial charge on any atom is -0.298 e. The monoisotopic (exact) mass is 268 g/mol. The van der Waals surface area contributed by atoms with Gasteiger partial charge in [-0.2, -0.15) is 0 Å². The van der Waals surface area contributed by atoms with Crippen molar-refractivity contribution in [3.05, 3.63) is 57.8 Å². The number of carbonyl (C=O) groups excluding carboxylic acids is 1. The molecule has 0 bridgehead atoms. The third-order valence-corrected chi connectivity index (χ3v) is 2.78. The van der Waals surface area contributed by atoms with Crippen molar-refractivity contribution in [3.8, 4) is 11.1 Å². The van der Waals surface area contributed by atoms with Gasteiger partial charge in [-0.05, 0) is 35.4 Å². The Labute approximate surface area is 108 Å². The molecule has 0 amide bonds. The second kappa shape index (κ2) is 4.86. The van der Waals surface area contributed by atoms with Crippen LogP contribution in [0.3, 0.4) is 0 Å². The highest BCUT2D eigenvalue weighted by Crippen LogP contribution is 2.29. The highest BCUT2D eigenvalue weighted by Gasteiger charge is 2.10. The van der Waals surface area contributed by atoms with Crippen LogP contribution in [0.1, 0.15) is 10.4 Å². The Morgan fingerprint density at radius 3 is 2.29 bits per heavy atom. The Morgan fingerprint density at radius 2 is 1.71 bits per heavy atom. The quantitative estimate of drug-likeness (QED) is 0.727. The van der Waals surface area contributed by atoms with E-state index in [1.54, 1.807) is 24.3 Å². The number of hydrogen-bond acceptors (Lipinski definition) is 1. The van der Waals surface area contributed by atoms with E-state index < -0.39 is 5.82 Å². The predicted molar refractivity (Wildman–Crippen MR) is 67.2 cm³/mol. The Hall–Kier alpha value is -1.38. The van der Waals surface area contributed by atoms with E-state index in [-0.39, 0.29) is 5.56 Å². The van der Waals surface area contributed by atoms with E-state index in [1.807, 2.05) is 0 Å². The largest absolute Gasteiger partial charge is 0.298 e. The molecule has 0 heterocycles. The van der Waals surface area contributed by atoms with Crippen LogP contribution < -0.4 is 0 Å². The minimum atomic E-state index is -0.561. The molecular formula is C13H7Cl2FO. The lowest BCUT2D eigenvalue weighted by molar-refractivity contribution is 0.112. The van der Waals surface area contributed by atoms with E-state index in [4.69, 9.17) is 23.2 Å². The Bertz CT molecular complexity index is 561. The molecule has 2 rings (SSSR count). The molecule has 0 unspecified atom stereocenters. The maximum atomic E-state index is 13.4. The Kier molecular flexibility index (Phi) is 3.46. The molecule has 0 atom stereocenters. The summed E-state index contributed by atoms with van der Waals surface area (Å²) < 4.78 is 13.4. The molecule has 2 aromatic carbocycles. The first-order valence-electron chi connectivity index (χ1n) is 4.82. The first kappa shape index (κ1) is 12.1. The summed E-state index contributed by atoms with van der Waals surface area (Å²) in [7, 11) is 0. The van der Waals surface area contributed by atoms with E-state index in [1.165, 1.54) is 12.1 Å². The molecule has 0 spiro atoms. The number of benzene rings is 2. The van der Waals surface area contributed by atoms with Crippen LogP contribution >= 0.6 is 23.2 Å². The van der Waals surface area contributed by atoms with Gasteiger partial charge in [0.2, 0.25) is 0 Å². The average Bonchev–Trinajstić information content (AvgIpc) is 2.27. The average molecular weight is 269 g/mol. The molecule has 17 heavy (non-hydrogen) atoms. The van der Waals surface area contributed by atoms with E-state index in [9.17, 15) is 9.18 Å². The molecule has 0 saturated heterocycles. The third-order valence-electron chi connectivity index (χ3n) is 2.34. The zero-order valence-corrected chi connectivity index (χ0v) is 10.1. The molecule has 2 aromatic rings. The maximum absolute atomic E-state index is 13.4. The van der Waals surface area contributed by atoms with Crippen molar-refractivity contribution in [2.24, 2.45) is 0 Å². The minimum absolute atomic E-state index is 0.00540. The van der Waals surface area contributed by atoms with E-state index >= 15 is 0 Å². The molecule has 1 nitrogen and oxygen atoms in total. The summed E-state index contributed by atoms with van der Waals surface area (Å²) in [5.41, 5.74) is 1.10. The van der Waals surface area contributed by atoms with Crippen LogP contribution in [0, 0.1) is 5.82 Å². The van der Waals surface area contributed by atoms with Crippen molar-refractivity contribution in [1.29, 1.82) is 0 Å². The summed E-state index contributed by atoms with van der Waals surface area (Å²) in [4.78, 5) is 10.9. The molecular weight excluding hydrogens is 262 g/mol. The van der Waals surface area contributed by atoms with Crippen LogP contribution in [-0.4, -0.2) is 6.29 Å². The van der Waals surface area contributed by atoms with Crippen LogP contribution in [-0.2, 0) is 0 Å². The standard InChI is InChI=1S/C13H7Cl2FO/c14-9-4-8(5-10(15)6-9)11-2-1-3-13(16)12(11)7-17/h1-7H. The fourth-order valence-electron chi connectivity index (χ4n) is 1.62. The zero-order valence-electron chi connectivity index (χ0n) is 8.58. The third kappa shape index (κ3) is 2.48. The SMILES string of the molecule is O=Cc1c(F)cccc1-c1cc(Cl)cc(Cl)c1. The predicted octanol–water partition coefficient (Wildman–Crippen LogP) is 4.61. The van der Waals surface area contributed by atoms with Gasteiger partial charge in [0.25, 0.3) is 0 Å². The molecule has 0 aromatic heterocycles. The molecule has 0 aliphatic heterocycles. The lowest BCUT2D eigenvalue weighted by atomic mass is 10.00.